The molecule has 2 N–H and O–H groups in total. The molecule has 0 unspecified atom stereocenters. The Morgan fingerprint density at radius 2 is 1.60 bits per heavy atom. The van der Waals surface area contributed by atoms with Crippen LogP contribution in [0.15, 0.2) is 35.8 Å². The molecule has 0 aromatic heterocycles. The van der Waals surface area contributed by atoms with E-state index in [9.17, 15) is 0 Å². The highest BCUT2D eigenvalue weighted by atomic mass is 16.5. The molecular weight excluding hydrogens is 186 g/mol. The van der Waals surface area contributed by atoms with Crippen LogP contribution < -0.4 is 5.73 Å². The SMILES string of the molecule is C=C(OC)/C(N)=C\C(C)=C/C.CC.CC. The van der Waals surface area contributed by atoms with Gasteiger partial charge >= 0.3 is 0 Å². The minimum atomic E-state index is 0.506. The highest BCUT2D eigenvalue weighted by Crippen LogP contribution is 2.04. The summed E-state index contributed by atoms with van der Waals surface area (Å²) >= 11 is 0. The molecule has 0 aromatic carbocycles. The molecule has 15 heavy (non-hydrogen) atoms. The maximum absolute atomic E-state index is 5.60. The zero-order valence-corrected chi connectivity index (χ0v) is 11.3. The first-order valence-corrected chi connectivity index (χ1v) is 5.45. The van der Waals surface area contributed by atoms with Crippen molar-refractivity contribution in [2.24, 2.45) is 5.73 Å². The molecule has 90 valence electrons. The fourth-order valence-corrected chi connectivity index (χ4v) is 0.527. The number of rotatable bonds is 3. The van der Waals surface area contributed by atoms with Gasteiger partial charge in [-0.3, -0.25) is 0 Å². The second-order valence-electron chi connectivity index (χ2n) is 2.26. The van der Waals surface area contributed by atoms with Crippen molar-refractivity contribution in [2.45, 2.75) is 41.5 Å². The Kier molecular flexibility index (Phi) is 19.8. The summed E-state index contributed by atoms with van der Waals surface area (Å²) in [5.74, 6) is 0.506. The van der Waals surface area contributed by atoms with Crippen molar-refractivity contribution in [3.05, 3.63) is 35.8 Å². The Balaban J connectivity index is -0.000000318. The van der Waals surface area contributed by atoms with E-state index in [4.69, 9.17) is 10.5 Å². The van der Waals surface area contributed by atoms with E-state index in [2.05, 4.69) is 6.58 Å². The third kappa shape index (κ3) is 12.8. The Bertz CT molecular complexity index is 203. The smallest absolute Gasteiger partial charge is 0.134 e. The Hall–Kier alpha value is -1.18. The second-order valence-corrected chi connectivity index (χ2v) is 2.26. The third-order valence-electron chi connectivity index (χ3n) is 1.41. The van der Waals surface area contributed by atoms with Crippen molar-refractivity contribution in [2.75, 3.05) is 7.11 Å². The van der Waals surface area contributed by atoms with E-state index in [-0.39, 0.29) is 0 Å². The molecule has 0 aliphatic carbocycles. The first-order valence-electron chi connectivity index (χ1n) is 5.45. The zero-order chi connectivity index (χ0) is 12.9. The van der Waals surface area contributed by atoms with Gasteiger partial charge in [-0.05, 0) is 19.9 Å². The molecule has 0 saturated heterocycles. The van der Waals surface area contributed by atoms with E-state index in [1.165, 1.54) is 0 Å². The summed E-state index contributed by atoms with van der Waals surface area (Å²) in [4.78, 5) is 0. The molecule has 2 heteroatoms. The Morgan fingerprint density at radius 3 is 1.87 bits per heavy atom. The third-order valence-corrected chi connectivity index (χ3v) is 1.41. The first kappa shape index (κ1) is 19.4. The van der Waals surface area contributed by atoms with E-state index in [0.29, 0.717) is 11.5 Å². The predicted molar refractivity (Wildman–Crippen MR) is 70.5 cm³/mol. The minimum Gasteiger partial charge on any atom is -0.495 e. The minimum absolute atomic E-state index is 0.506. The van der Waals surface area contributed by atoms with Crippen LogP contribution in [0.2, 0.25) is 0 Å². The molecule has 0 aromatic rings. The van der Waals surface area contributed by atoms with E-state index >= 15 is 0 Å². The molecule has 0 heterocycles. The molecule has 0 fully saturated rings. The number of ether oxygens (including phenoxy) is 1. The van der Waals surface area contributed by atoms with Crippen molar-refractivity contribution in [1.29, 1.82) is 0 Å². The van der Waals surface area contributed by atoms with Gasteiger partial charge in [-0.15, -0.1) is 0 Å². The van der Waals surface area contributed by atoms with Crippen LogP contribution in [0, 0.1) is 0 Å². The zero-order valence-electron chi connectivity index (χ0n) is 11.3. The number of allylic oxidation sites excluding steroid dienone is 3. The number of methoxy groups -OCH3 is 1. The maximum atomic E-state index is 5.60. The van der Waals surface area contributed by atoms with Crippen LogP contribution in [0.1, 0.15) is 41.5 Å². The molecule has 0 aliphatic rings. The molecular formula is C13H27NO. The molecule has 0 rings (SSSR count). The van der Waals surface area contributed by atoms with E-state index in [0.717, 1.165) is 5.57 Å². The van der Waals surface area contributed by atoms with Gasteiger partial charge in [-0.1, -0.05) is 45.9 Å². The number of nitrogens with two attached hydrogens (primary N) is 1. The van der Waals surface area contributed by atoms with Crippen LogP contribution in [0.25, 0.3) is 0 Å². The van der Waals surface area contributed by atoms with E-state index < -0.39 is 0 Å². The van der Waals surface area contributed by atoms with Gasteiger partial charge in [0.2, 0.25) is 0 Å². The lowest BCUT2D eigenvalue weighted by Crippen LogP contribution is -2.01. The monoisotopic (exact) mass is 213 g/mol. The van der Waals surface area contributed by atoms with Crippen LogP contribution >= 0.6 is 0 Å². The normalized spacial score (nSPS) is 10.3. The topological polar surface area (TPSA) is 35.2 Å². The van der Waals surface area contributed by atoms with Gasteiger partial charge in [0.1, 0.15) is 5.76 Å². The summed E-state index contributed by atoms with van der Waals surface area (Å²) in [6.07, 6.45) is 3.79. The summed E-state index contributed by atoms with van der Waals surface area (Å²) in [6, 6.07) is 0. The fourth-order valence-electron chi connectivity index (χ4n) is 0.527. The van der Waals surface area contributed by atoms with Gasteiger partial charge in [0.15, 0.2) is 0 Å². The predicted octanol–water partition coefficient (Wildman–Crippen LogP) is 4.01. The lowest BCUT2D eigenvalue weighted by Gasteiger charge is -2.03. The average Bonchev–Trinajstić information content (AvgIpc) is 2.32. The summed E-state index contributed by atoms with van der Waals surface area (Å²) < 4.78 is 4.84. The lowest BCUT2D eigenvalue weighted by atomic mass is 10.2. The molecule has 0 aliphatic heterocycles. The molecule has 0 atom stereocenters. The summed E-state index contributed by atoms with van der Waals surface area (Å²) in [5.41, 5.74) is 7.27. The van der Waals surface area contributed by atoms with Crippen LogP contribution in [0.3, 0.4) is 0 Å². The van der Waals surface area contributed by atoms with Gasteiger partial charge in [0.25, 0.3) is 0 Å². The van der Waals surface area contributed by atoms with Crippen molar-refractivity contribution < 1.29 is 4.74 Å². The molecule has 2 nitrogen and oxygen atoms in total. The first-order chi connectivity index (χ1) is 7.11. The van der Waals surface area contributed by atoms with Crippen molar-refractivity contribution in [1.82, 2.24) is 0 Å². The van der Waals surface area contributed by atoms with Gasteiger partial charge in [0, 0.05) is 0 Å². The second kappa shape index (κ2) is 15.3. The molecule has 0 saturated carbocycles. The van der Waals surface area contributed by atoms with Gasteiger partial charge in [-0.2, -0.15) is 0 Å². The number of hydrogen-bond acceptors (Lipinski definition) is 2. The van der Waals surface area contributed by atoms with Gasteiger partial charge in [0.05, 0.1) is 12.8 Å². The van der Waals surface area contributed by atoms with Crippen molar-refractivity contribution >= 4 is 0 Å². The molecule has 0 spiro atoms. The maximum Gasteiger partial charge on any atom is 0.134 e. The van der Waals surface area contributed by atoms with Crippen LogP contribution in [-0.4, -0.2) is 7.11 Å². The standard InChI is InChI=1S/C9H15NO.2C2H6/c1-5-7(2)6-9(10)8(3)11-4;2*1-2/h5-6H,3,10H2,1-2,4H3;2*1-2H3/b7-5-,9-6+;;. The molecule has 0 radical (unpaired) electrons. The summed E-state index contributed by atoms with van der Waals surface area (Å²) in [6.45, 7) is 15.5. The van der Waals surface area contributed by atoms with Crippen molar-refractivity contribution in [3.63, 3.8) is 0 Å². The molecule has 0 amide bonds. The Labute approximate surface area is 95.5 Å². The molecule has 0 bridgehead atoms. The summed E-state index contributed by atoms with van der Waals surface area (Å²) in [5, 5.41) is 0. The van der Waals surface area contributed by atoms with Gasteiger partial charge in [-0.25, -0.2) is 0 Å². The van der Waals surface area contributed by atoms with Crippen molar-refractivity contribution in [3.8, 4) is 0 Å². The largest absolute Gasteiger partial charge is 0.495 e. The fraction of sp³-hybridized carbons (Fsp3) is 0.538. The quantitative estimate of drug-likeness (QED) is 0.568. The summed E-state index contributed by atoms with van der Waals surface area (Å²) in [7, 11) is 1.55. The van der Waals surface area contributed by atoms with Crippen LogP contribution in [0.5, 0.6) is 0 Å². The van der Waals surface area contributed by atoms with E-state index in [1.807, 2.05) is 53.7 Å². The van der Waals surface area contributed by atoms with E-state index in [1.54, 1.807) is 7.11 Å². The highest BCUT2D eigenvalue weighted by molar-refractivity contribution is 5.28. The van der Waals surface area contributed by atoms with Gasteiger partial charge < -0.3 is 10.5 Å². The van der Waals surface area contributed by atoms with Crippen LogP contribution in [0.4, 0.5) is 0 Å². The lowest BCUT2D eigenvalue weighted by molar-refractivity contribution is 0.302. The van der Waals surface area contributed by atoms with Crippen LogP contribution in [-0.2, 0) is 4.74 Å². The average molecular weight is 213 g/mol. The highest BCUT2D eigenvalue weighted by Gasteiger charge is 1.94. The number of hydrogen-bond donors (Lipinski definition) is 1. The Morgan fingerprint density at radius 1 is 1.20 bits per heavy atom.